The zero-order valence-electron chi connectivity index (χ0n) is 5.50. The van der Waals surface area contributed by atoms with Gasteiger partial charge in [0.1, 0.15) is 6.61 Å². The lowest BCUT2D eigenvalue weighted by Gasteiger charge is -2.20. The highest BCUT2D eigenvalue weighted by Crippen LogP contribution is 1.97. The largest absolute Gasteiger partial charge is 0.478 e. The number of nitrogens with one attached hydrogen (secondary N) is 1. The summed E-state index contributed by atoms with van der Waals surface area (Å²) in [5.74, 6) is 3.26. The van der Waals surface area contributed by atoms with E-state index in [1.165, 1.54) is 7.11 Å². The molecule has 60 valence electrons. The molecule has 0 fully saturated rings. The summed E-state index contributed by atoms with van der Waals surface area (Å²) < 4.78 is 4.39. The first-order valence-electron chi connectivity index (χ1n) is 2.49. The second-order valence-electron chi connectivity index (χ2n) is 1.74. The fourth-order valence-corrected chi connectivity index (χ4v) is 0.374. The van der Waals surface area contributed by atoms with Gasteiger partial charge < -0.3 is 14.9 Å². The van der Waals surface area contributed by atoms with Crippen LogP contribution in [0.15, 0.2) is 0 Å². The molecular weight excluding hydrogens is 140 g/mol. The second-order valence-corrected chi connectivity index (χ2v) is 1.74. The molecule has 0 unspecified atom stereocenters. The predicted octanol–water partition coefficient (Wildman–Crippen LogP) is -2.13. The van der Waals surface area contributed by atoms with Crippen LogP contribution in [-0.2, 0) is 9.53 Å². The Morgan fingerprint density at radius 3 is 2.50 bits per heavy atom. The van der Waals surface area contributed by atoms with E-state index in [1.54, 1.807) is 5.43 Å². The van der Waals surface area contributed by atoms with Crippen LogP contribution < -0.4 is 11.3 Å². The molecule has 0 spiro atoms. The molecular formula is C4H10N2O4. The van der Waals surface area contributed by atoms with Gasteiger partial charge in [0.25, 0.3) is 5.72 Å². The lowest BCUT2D eigenvalue weighted by Crippen LogP contribution is -2.58. The van der Waals surface area contributed by atoms with Gasteiger partial charge in [-0.2, -0.15) is 0 Å². The summed E-state index contributed by atoms with van der Waals surface area (Å²) in [7, 11) is 1.26. The van der Waals surface area contributed by atoms with Crippen LogP contribution in [0.5, 0.6) is 0 Å². The topological polar surface area (TPSA) is 105 Å². The number of aliphatic carboxylic acids is 1. The molecule has 0 rings (SSSR count). The monoisotopic (exact) mass is 150 g/mol. The van der Waals surface area contributed by atoms with Gasteiger partial charge in [-0.3, -0.25) is 5.84 Å². The zero-order valence-corrected chi connectivity index (χ0v) is 5.50. The highest BCUT2D eigenvalue weighted by molar-refractivity contribution is 5.76. The smallest absolute Gasteiger partial charge is 0.355 e. The molecule has 5 N–H and O–H groups in total. The van der Waals surface area contributed by atoms with E-state index in [1.807, 2.05) is 0 Å². The molecule has 6 heteroatoms. The Kier molecular flexibility index (Phi) is 3.23. The van der Waals surface area contributed by atoms with Crippen molar-refractivity contribution in [2.24, 2.45) is 5.84 Å². The number of methoxy groups -OCH3 is 1. The second kappa shape index (κ2) is 3.47. The molecule has 1 atom stereocenters. The number of carboxylic acids is 1. The predicted molar refractivity (Wildman–Crippen MR) is 31.8 cm³/mol. The van der Waals surface area contributed by atoms with Crippen molar-refractivity contribution in [2.75, 3.05) is 13.7 Å². The van der Waals surface area contributed by atoms with Crippen molar-refractivity contribution in [3.05, 3.63) is 0 Å². The number of carboxylic acid groups (broad SMARTS) is 1. The van der Waals surface area contributed by atoms with Crippen LogP contribution in [0.4, 0.5) is 0 Å². The van der Waals surface area contributed by atoms with Crippen molar-refractivity contribution in [3.8, 4) is 0 Å². The Morgan fingerprint density at radius 1 is 1.90 bits per heavy atom. The van der Waals surface area contributed by atoms with Crippen LogP contribution in [0, 0.1) is 0 Å². The van der Waals surface area contributed by atoms with Gasteiger partial charge in [-0.05, 0) is 0 Å². The number of ether oxygens (including phenoxy) is 1. The van der Waals surface area contributed by atoms with Crippen molar-refractivity contribution < 1.29 is 19.7 Å². The lowest BCUT2D eigenvalue weighted by molar-refractivity contribution is -0.169. The van der Waals surface area contributed by atoms with Crippen LogP contribution in [0.3, 0.4) is 0 Å². The molecule has 0 radical (unpaired) electrons. The normalized spacial score (nSPS) is 16.3. The maximum atomic E-state index is 10.2. The molecule has 10 heavy (non-hydrogen) atoms. The summed E-state index contributed by atoms with van der Waals surface area (Å²) in [4.78, 5) is 10.2. The fraction of sp³-hybridized carbons (Fsp3) is 0.750. The molecule has 6 nitrogen and oxygen atoms in total. The molecule has 0 saturated carbocycles. The Hall–Kier alpha value is -0.690. The van der Waals surface area contributed by atoms with E-state index < -0.39 is 18.3 Å². The van der Waals surface area contributed by atoms with Gasteiger partial charge in [-0.15, -0.1) is 0 Å². The third kappa shape index (κ3) is 1.92. The number of aliphatic hydroxyl groups is 1. The van der Waals surface area contributed by atoms with Crippen molar-refractivity contribution in [2.45, 2.75) is 5.72 Å². The van der Waals surface area contributed by atoms with E-state index in [0.717, 1.165) is 0 Å². The van der Waals surface area contributed by atoms with Gasteiger partial charge >= 0.3 is 5.97 Å². The van der Waals surface area contributed by atoms with Gasteiger partial charge in [0, 0.05) is 7.11 Å². The Balaban J connectivity index is 4.08. The molecule has 0 aromatic carbocycles. The Morgan fingerprint density at radius 2 is 2.40 bits per heavy atom. The third-order valence-electron chi connectivity index (χ3n) is 0.946. The minimum absolute atomic E-state index is 0.404. The van der Waals surface area contributed by atoms with Crippen molar-refractivity contribution >= 4 is 5.97 Å². The SMILES string of the molecule is COC[C@](O)(NN)C(=O)O. The average molecular weight is 150 g/mol. The molecule has 0 aliphatic heterocycles. The summed E-state index contributed by atoms with van der Waals surface area (Å²) in [5.41, 5.74) is -0.476. The van der Waals surface area contributed by atoms with Gasteiger partial charge in [0.2, 0.25) is 0 Å². The first kappa shape index (κ1) is 9.31. The lowest BCUT2D eigenvalue weighted by atomic mass is 10.2. The number of rotatable bonds is 4. The summed E-state index contributed by atoms with van der Waals surface area (Å²) in [6, 6.07) is 0. The number of hydrogen-bond donors (Lipinski definition) is 4. The van der Waals surface area contributed by atoms with Crippen molar-refractivity contribution in [1.82, 2.24) is 5.43 Å². The minimum Gasteiger partial charge on any atom is -0.478 e. The summed E-state index contributed by atoms with van der Waals surface area (Å²) in [5, 5.41) is 17.2. The number of nitrogens with two attached hydrogens (primary N) is 1. The van der Waals surface area contributed by atoms with Gasteiger partial charge in [0.15, 0.2) is 0 Å². The van der Waals surface area contributed by atoms with E-state index in [2.05, 4.69) is 4.74 Å². The van der Waals surface area contributed by atoms with E-state index >= 15 is 0 Å². The first-order valence-corrected chi connectivity index (χ1v) is 2.49. The maximum absolute atomic E-state index is 10.2. The molecule has 0 heterocycles. The molecule has 0 saturated heterocycles. The van der Waals surface area contributed by atoms with E-state index in [9.17, 15) is 4.79 Å². The van der Waals surface area contributed by atoms with Crippen LogP contribution in [-0.4, -0.2) is 35.6 Å². The first-order chi connectivity index (χ1) is 4.56. The summed E-state index contributed by atoms with van der Waals surface area (Å²) in [6.45, 7) is -0.404. The van der Waals surface area contributed by atoms with Crippen molar-refractivity contribution in [1.29, 1.82) is 0 Å². The number of hydrazine groups is 1. The van der Waals surface area contributed by atoms with Gasteiger partial charge in [-0.1, -0.05) is 0 Å². The highest BCUT2D eigenvalue weighted by atomic mass is 16.5. The van der Waals surface area contributed by atoms with E-state index in [4.69, 9.17) is 16.1 Å². The molecule has 0 amide bonds. The van der Waals surface area contributed by atoms with Crippen molar-refractivity contribution in [3.63, 3.8) is 0 Å². The number of hydrogen-bond acceptors (Lipinski definition) is 5. The van der Waals surface area contributed by atoms with E-state index in [0.29, 0.717) is 0 Å². The van der Waals surface area contributed by atoms with Crippen LogP contribution in [0.2, 0.25) is 0 Å². The highest BCUT2D eigenvalue weighted by Gasteiger charge is 2.34. The fourth-order valence-electron chi connectivity index (χ4n) is 0.374. The molecule has 0 bridgehead atoms. The summed E-state index contributed by atoms with van der Waals surface area (Å²) in [6.07, 6.45) is 0. The van der Waals surface area contributed by atoms with Crippen LogP contribution >= 0.6 is 0 Å². The quantitative estimate of drug-likeness (QED) is 0.207. The molecule has 0 aliphatic carbocycles. The Labute approximate surface area is 57.6 Å². The van der Waals surface area contributed by atoms with Gasteiger partial charge in [-0.25, -0.2) is 10.2 Å². The van der Waals surface area contributed by atoms with Crippen LogP contribution in [0.25, 0.3) is 0 Å². The standard InChI is InChI=1S/C4H10N2O4/c1-10-2-4(9,6-5)3(7)8/h6,9H,2,5H2,1H3,(H,7,8)/t4-/m1/s1. The average Bonchev–Trinajstić information content (AvgIpc) is 1.88. The zero-order chi connectivity index (χ0) is 8.20. The van der Waals surface area contributed by atoms with E-state index in [-0.39, 0.29) is 0 Å². The molecule has 0 aromatic rings. The summed E-state index contributed by atoms with van der Waals surface area (Å²) >= 11 is 0. The minimum atomic E-state index is -2.19. The molecule has 0 aromatic heterocycles. The Bertz CT molecular complexity index is 128. The third-order valence-corrected chi connectivity index (χ3v) is 0.946. The maximum Gasteiger partial charge on any atom is 0.355 e. The molecule has 0 aliphatic rings. The van der Waals surface area contributed by atoms with Crippen LogP contribution in [0.1, 0.15) is 0 Å². The van der Waals surface area contributed by atoms with Gasteiger partial charge in [0.05, 0.1) is 0 Å². The number of carbonyl (C=O) groups is 1.